The molecule has 0 spiro atoms. The fraction of sp³-hybridized carbons (Fsp3) is 0.188. The van der Waals surface area contributed by atoms with Crippen molar-refractivity contribution < 1.29 is 28.2 Å². The van der Waals surface area contributed by atoms with Crippen molar-refractivity contribution in [2.75, 3.05) is 5.01 Å². The number of benzene rings is 1. The highest BCUT2D eigenvalue weighted by Gasteiger charge is 2.40. The van der Waals surface area contributed by atoms with Crippen molar-refractivity contribution in [3.8, 4) is 17.0 Å². The number of carbonyl (C=O) groups is 2. The van der Waals surface area contributed by atoms with Gasteiger partial charge in [-0.05, 0) is 25.1 Å². The zero-order valence-electron chi connectivity index (χ0n) is 13.3. The lowest BCUT2D eigenvalue weighted by Gasteiger charge is -2.16. The largest absolute Gasteiger partial charge is 0.480 e. The van der Waals surface area contributed by atoms with Gasteiger partial charge in [0, 0.05) is 18.0 Å². The van der Waals surface area contributed by atoms with E-state index in [1.807, 2.05) is 0 Å². The molecule has 26 heavy (non-hydrogen) atoms. The van der Waals surface area contributed by atoms with Crippen molar-refractivity contribution in [1.82, 2.24) is 9.97 Å². The second-order valence-electron chi connectivity index (χ2n) is 5.31. The third-order valence-electron chi connectivity index (χ3n) is 3.64. The number of aliphatic carboxylic acids is 1. The Morgan fingerprint density at radius 3 is 2.69 bits per heavy atom. The lowest BCUT2D eigenvalue weighted by molar-refractivity contribution is -0.142. The smallest absolute Gasteiger partial charge is 0.387 e. The zero-order chi connectivity index (χ0) is 18.8. The second kappa shape index (κ2) is 6.82. The Labute approximate surface area is 145 Å². The number of ether oxygens (including phenoxy) is 1. The molecule has 1 atom stereocenters. The predicted octanol–water partition coefficient (Wildman–Crippen LogP) is 2.17. The van der Waals surface area contributed by atoms with Crippen molar-refractivity contribution >= 4 is 23.3 Å². The molecule has 0 saturated heterocycles. The summed E-state index contributed by atoms with van der Waals surface area (Å²) in [5, 5.41) is 14.0. The van der Waals surface area contributed by atoms with Gasteiger partial charge in [0.15, 0.2) is 5.92 Å². The molecule has 1 N–H and O–H groups in total. The number of hydrazone groups is 1. The van der Waals surface area contributed by atoms with Crippen LogP contribution in [0.25, 0.3) is 11.3 Å². The molecule has 10 heteroatoms. The van der Waals surface area contributed by atoms with Crippen molar-refractivity contribution in [2.24, 2.45) is 11.0 Å². The van der Waals surface area contributed by atoms with Gasteiger partial charge in [-0.3, -0.25) is 19.6 Å². The first kappa shape index (κ1) is 17.4. The van der Waals surface area contributed by atoms with E-state index >= 15 is 0 Å². The zero-order valence-corrected chi connectivity index (χ0v) is 13.3. The van der Waals surface area contributed by atoms with Crippen LogP contribution in [0.3, 0.4) is 0 Å². The molecule has 3 rings (SSSR count). The van der Waals surface area contributed by atoms with E-state index in [4.69, 9.17) is 5.11 Å². The molecule has 1 aromatic carbocycles. The number of anilines is 1. The summed E-state index contributed by atoms with van der Waals surface area (Å²) in [7, 11) is 0. The van der Waals surface area contributed by atoms with Crippen LogP contribution >= 0.6 is 0 Å². The van der Waals surface area contributed by atoms with Gasteiger partial charge < -0.3 is 9.84 Å². The summed E-state index contributed by atoms with van der Waals surface area (Å²) in [6.07, 6.45) is 4.13. The Hall–Kier alpha value is -3.43. The number of aromatic nitrogens is 2. The molecule has 0 saturated carbocycles. The van der Waals surface area contributed by atoms with Crippen LogP contribution in [0, 0.1) is 5.92 Å². The van der Waals surface area contributed by atoms with E-state index in [2.05, 4.69) is 19.8 Å². The van der Waals surface area contributed by atoms with Crippen LogP contribution in [0.4, 0.5) is 14.5 Å². The van der Waals surface area contributed by atoms with Crippen LogP contribution in [0.5, 0.6) is 5.75 Å². The van der Waals surface area contributed by atoms with Gasteiger partial charge in [0.25, 0.3) is 5.91 Å². The number of alkyl halides is 2. The lowest BCUT2D eigenvalue weighted by atomic mass is 10.1. The minimum absolute atomic E-state index is 0.122. The topological polar surface area (TPSA) is 105 Å². The van der Waals surface area contributed by atoms with Crippen LogP contribution in [0.1, 0.15) is 6.92 Å². The highest BCUT2D eigenvalue weighted by molar-refractivity contribution is 6.25. The molecule has 134 valence electrons. The fourth-order valence-corrected chi connectivity index (χ4v) is 2.52. The molecule has 1 amide bonds. The number of hydrogen-bond donors (Lipinski definition) is 1. The van der Waals surface area contributed by atoms with E-state index in [-0.39, 0.29) is 28.4 Å². The molecule has 1 aromatic heterocycles. The normalized spacial score (nSPS) is 16.8. The Morgan fingerprint density at radius 1 is 1.35 bits per heavy atom. The predicted molar refractivity (Wildman–Crippen MR) is 85.8 cm³/mol. The average molecular weight is 362 g/mol. The Morgan fingerprint density at radius 2 is 2.12 bits per heavy atom. The molecule has 2 heterocycles. The summed E-state index contributed by atoms with van der Waals surface area (Å²) in [4.78, 5) is 31.5. The van der Waals surface area contributed by atoms with Gasteiger partial charge in [-0.25, -0.2) is 0 Å². The van der Waals surface area contributed by atoms with Crippen molar-refractivity contribution in [1.29, 1.82) is 0 Å². The molecule has 0 fully saturated rings. The van der Waals surface area contributed by atoms with E-state index in [1.54, 1.807) is 0 Å². The summed E-state index contributed by atoms with van der Waals surface area (Å²) in [5.41, 5.74) is 0.722. The second-order valence-corrected chi connectivity index (χ2v) is 5.31. The van der Waals surface area contributed by atoms with Gasteiger partial charge >= 0.3 is 12.6 Å². The maximum atomic E-state index is 12.7. The van der Waals surface area contributed by atoms with Gasteiger partial charge in [0.1, 0.15) is 5.75 Å². The molecule has 8 nitrogen and oxygen atoms in total. The Balaban J connectivity index is 2.05. The summed E-state index contributed by atoms with van der Waals surface area (Å²) >= 11 is 0. The van der Waals surface area contributed by atoms with Gasteiger partial charge in [0.05, 0.1) is 23.3 Å². The summed E-state index contributed by atoms with van der Waals surface area (Å²) < 4.78 is 29.8. The summed E-state index contributed by atoms with van der Waals surface area (Å²) in [5.74, 6) is -3.61. The lowest BCUT2D eigenvalue weighted by Crippen LogP contribution is -2.32. The molecule has 0 bridgehead atoms. The Kier molecular flexibility index (Phi) is 4.57. The third kappa shape index (κ3) is 3.21. The molecule has 1 aliphatic heterocycles. The molecule has 0 aliphatic carbocycles. The number of carboxylic acid groups (broad SMARTS) is 1. The molecule has 1 aliphatic rings. The van der Waals surface area contributed by atoms with E-state index in [0.717, 1.165) is 5.01 Å². The highest BCUT2D eigenvalue weighted by atomic mass is 19.3. The standard InChI is InChI=1S/C16H12F2N4O4/c1-8-13(15(24)25)14(23)22(21-8)9-2-3-12(26-16(17)18)10(6-9)11-7-19-4-5-20-11/h2-7,13,16H,1H3,(H,24,25). The van der Waals surface area contributed by atoms with E-state index in [0.29, 0.717) is 0 Å². The summed E-state index contributed by atoms with van der Waals surface area (Å²) in [6, 6.07) is 3.93. The third-order valence-corrected chi connectivity index (χ3v) is 3.64. The molecule has 1 unspecified atom stereocenters. The fourth-order valence-electron chi connectivity index (χ4n) is 2.52. The minimum Gasteiger partial charge on any atom is -0.480 e. The number of hydrogen-bond acceptors (Lipinski definition) is 6. The molecule has 0 radical (unpaired) electrons. The molecular formula is C16H12F2N4O4. The van der Waals surface area contributed by atoms with Gasteiger partial charge in [0.2, 0.25) is 0 Å². The number of amides is 1. The number of rotatable bonds is 5. The van der Waals surface area contributed by atoms with Crippen molar-refractivity contribution in [3.05, 3.63) is 36.8 Å². The maximum absolute atomic E-state index is 12.7. The first-order valence-corrected chi connectivity index (χ1v) is 7.35. The maximum Gasteiger partial charge on any atom is 0.387 e. The van der Waals surface area contributed by atoms with E-state index in [1.165, 1.54) is 43.7 Å². The van der Waals surface area contributed by atoms with Crippen LogP contribution in [-0.2, 0) is 9.59 Å². The van der Waals surface area contributed by atoms with Crippen molar-refractivity contribution in [3.63, 3.8) is 0 Å². The van der Waals surface area contributed by atoms with Gasteiger partial charge in [-0.1, -0.05) is 0 Å². The highest BCUT2D eigenvalue weighted by Crippen LogP contribution is 2.35. The molecular weight excluding hydrogens is 350 g/mol. The monoisotopic (exact) mass is 362 g/mol. The number of nitrogens with zero attached hydrogens (tertiary/aromatic N) is 4. The van der Waals surface area contributed by atoms with Crippen LogP contribution in [-0.4, -0.2) is 39.3 Å². The number of carbonyl (C=O) groups excluding carboxylic acids is 1. The average Bonchev–Trinajstić information content (AvgIpc) is 2.90. The quantitative estimate of drug-likeness (QED) is 0.818. The summed E-state index contributed by atoms with van der Waals surface area (Å²) in [6.45, 7) is -1.63. The van der Waals surface area contributed by atoms with E-state index in [9.17, 15) is 18.4 Å². The first-order chi connectivity index (χ1) is 12.4. The molecule has 2 aromatic rings. The van der Waals surface area contributed by atoms with Crippen LogP contribution in [0.15, 0.2) is 41.9 Å². The first-order valence-electron chi connectivity index (χ1n) is 7.35. The number of halogens is 2. The van der Waals surface area contributed by atoms with Crippen LogP contribution in [0.2, 0.25) is 0 Å². The number of carboxylic acids is 1. The minimum atomic E-state index is -3.05. The Bertz CT molecular complexity index is 889. The SMILES string of the molecule is CC1=NN(c2ccc(OC(F)F)c(-c3cnccn3)c2)C(=O)C1C(=O)O. The van der Waals surface area contributed by atoms with E-state index < -0.39 is 24.4 Å². The van der Waals surface area contributed by atoms with Gasteiger partial charge in [-0.2, -0.15) is 18.9 Å². The van der Waals surface area contributed by atoms with Crippen molar-refractivity contribution in [2.45, 2.75) is 13.5 Å². The van der Waals surface area contributed by atoms with Crippen LogP contribution < -0.4 is 9.75 Å². The van der Waals surface area contributed by atoms with Gasteiger partial charge in [-0.15, -0.1) is 0 Å².